The summed E-state index contributed by atoms with van der Waals surface area (Å²) in [5.41, 5.74) is 2.93. The monoisotopic (exact) mass is 421 g/mol. The zero-order chi connectivity index (χ0) is 21.8. The van der Waals surface area contributed by atoms with Gasteiger partial charge in [-0.3, -0.25) is 14.6 Å². The van der Waals surface area contributed by atoms with Crippen molar-refractivity contribution in [2.45, 2.75) is 19.8 Å². The van der Waals surface area contributed by atoms with Crippen LogP contribution in [0, 0.1) is 0 Å². The SMILES string of the molecule is CC(=O)Nc1ccc(-c2ccc(C(=O)N3CCN(C(=O)N4CCCC4)CC3)cn2)cc1. The van der Waals surface area contributed by atoms with Crippen molar-refractivity contribution >= 4 is 23.5 Å². The van der Waals surface area contributed by atoms with Crippen molar-refractivity contribution < 1.29 is 14.4 Å². The Labute approximate surface area is 181 Å². The second kappa shape index (κ2) is 9.16. The lowest BCUT2D eigenvalue weighted by molar-refractivity contribution is -0.114. The number of piperazine rings is 1. The molecule has 1 aromatic carbocycles. The number of carbonyl (C=O) groups is 3. The predicted octanol–water partition coefficient (Wildman–Crippen LogP) is 2.68. The smallest absolute Gasteiger partial charge is 0.320 e. The standard InChI is InChI=1S/C23H27N5O3/c1-17(29)25-20-7-4-18(5-8-20)21-9-6-19(16-24-21)22(30)26-12-14-28(15-13-26)23(31)27-10-2-3-11-27/h4-9,16H,2-3,10-15H2,1H3,(H,25,29). The number of anilines is 1. The first-order valence-electron chi connectivity index (χ1n) is 10.7. The fourth-order valence-electron chi connectivity index (χ4n) is 4.01. The van der Waals surface area contributed by atoms with Crippen molar-refractivity contribution in [1.82, 2.24) is 19.7 Å². The van der Waals surface area contributed by atoms with Crippen LogP contribution < -0.4 is 5.32 Å². The summed E-state index contributed by atoms with van der Waals surface area (Å²) in [6.45, 7) is 5.34. The van der Waals surface area contributed by atoms with E-state index in [0.29, 0.717) is 31.7 Å². The Kier molecular flexibility index (Phi) is 6.16. The Balaban J connectivity index is 1.34. The molecule has 4 amide bonds. The van der Waals surface area contributed by atoms with Crippen molar-refractivity contribution in [3.8, 4) is 11.3 Å². The third kappa shape index (κ3) is 4.84. The number of nitrogens with one attached hydrogen (secondary N) is 1. The highest BCUT2D eigenvalue weighted by atomic mass is 16.2. The summed E-state index contributed by atoms with van der Waals surface area (Å²) in [7, 11) is 0. The average Bonchev–Trinajstić information content (AvgIpc) is 3.33. The molecule has 0 unspecified atom stereocenters. The van der Waals surface area contributed by atoms with E-state index in [1.54, 1.807) is 17.2 Å². The van der Waals surface area contributed by atoms with Crippen molar-refractivity contribution in [3.05, 3.63) is 48.2 Å². The highest BCUT2D eigenvalue weighted by Gasteiger charge is 2.28. The normalized spacial score (nSPS) is 16.4. The zero-order valence-corrected chi connectivity index (χ0v) is 17.7. The van der Waals surface area contributed by atoms with Crippen LogP contribution in [0.2, 0.25) is 0 Å². The Hall–Kier alpha value is -3.42. The van der Waals surface area contributed by atoms with Crippen LogP contribution in [0.1, 0.15) is 30.1 Å². The number of amides is 4. The maximum absolute atomic E-state index is 12.9. The highest BCUT2D eigenvalue weighted by molar-refractivity contribution is 5.94. The number of rotatable bonds is 3. The summed E-state index contributed by atoms with van der Waals surface area (Å²) in [5.74, 6) is -0.177. The maximum atomic E-state index is 12.9. The molecule has 162 valence electrons. The summed E-state index contributed by atoms with van der Waals surface area (Å²) >= 11 is 0. The van der Waals surface area contributed by atoms with E-state index in [0.717, 1.165) is 42.9 Å². The Bertz CT molecular complexity index is 944. The van der Waals surface area contributed by atoms with Crippen LogP contribution in [0.15, 0.2) is 42.6 Å². The summed E-state index contributed by atoms with van der Waals surface area (Å²) < 4.78 is 0. The van der Waals surface area contributed by atoms with E-state index in [1.165, 1.54) is 6.92 Å². The molecule has 2 aromatic rings. The van der Waals surface area contributed by atoms with E-state index in [9.17, 15) is 14.4 Å². The number of benzene rings is 1. The van der Waals surface area contributed by atoms with Crippen LogP contribution in [0.3, 0.4) is 0 Å². The quantitative estimate of drug-likeness (QED) is 0.826. The number of hydrogen-bond donors (Lipinski definition) is 1. The van der Waals surface area contributed by atoms with Crippen molar-refractivity contribution in [2.24, 2.45) is 0 Å². The molecular formula is C23H27N5O3. The topological polar surface area (TPSA) is 85.8 Å². The Morgan fingerprint density at radius 2 is 1.42 bits per heavy atom. The lowest BCUT2D eigenvalue weighted by atomic mass is 10.1. The molecule has 8 nitrogen and oxygen atoms in total. The first-order chi connectivity index (χ1) is 15.0. The van der Waals surface area contributed by atoms with Crippen LogP contribution in [0.5, 0.6) is 0 Å². The largest absolute Gasteiger partial charge is 0.335 e. The van der Waals surface area contributed by atoms with Gasteiger partial charge in [-0.05, 0) is 37.1 Å². The van der Waals surface area contributed by atoms with Crippen molar-refractivity contribution in [2.75, 3.05) is 44.6 Å². The van der Waals surface area contributed by atoms with Gasteiger partial charge < -0.3 is 20.0 Å². The summed E-state index contributed by atoms with van der Waals surface area (Å²) in [4.78, 5) is 46.5. The molecule has 4 rings (SSSR count). The van der Waals surface area contributed by atoms with Crippen LogP contribution in [-0.4, -0.2) is 76.8 Å². The number of aromatic nitrogens is 1. The van der Waals surface area contributed by atoms with Gasteiger partial charge in [0.05, 0.1) is 11.3 Å². The van der Waals surface area contributed by atoms with Crippen LogP contribution in [-0.2, 0) is 4.79 Å². The van der Waals surface area contributed by atoms with Crippen LogP contribution in [0.25, 0.3) is 11.3 Å². The molecule has 0 atom stereocenters. The second-order valence-corrected chi connectivity index (χ2v) is 7.95. The van der Waals surface area contributed by atoms with E-state index in [4.69, 9.17) is 0 Å². The zero-order valence-electron chi connectivity index (χ0n) is 17.7. The molecule has 0 bridgehead atoms. The molecule has 0 radical (unpaired) electrons. The third-order valence-corrected chi connectivity index (χ3v) is 5.73. The van der Waals surface area contributed by atoms with Gasteiger partial charge in [-0.2, -0.15) is 0 Å². The van der Waals surface area contributed by atoms with Gasteiger partial charge in [-0.15, -0.1) is 0 Å². The Morgan fingerprint density at radius 3 is 2.00 bits per heavy atom. The minimum atomic E-state index is -0.116. The molecule has 3 heterocycles. The number of likely N-dealkylation sites (tertiary alicyclic amines) is 1. The van der Waals surface area contributed by atoms with E-state index < -0.39 is 0 Å². The molecule has 0 saturated carbocycles. The van der Waals surface area contributed by atoms with Gasteiger partial charge >= 0.3 is 6.03 Å². The van der Waals surface area contributed by atoms with Gasteiger partial charge in [-0.1, -0.05) is 12.1 Å². The summed E-state index contributed by atoms with van der Waals surface area (Å²) in [6.07, 6.45) is 3.75. The number of urea groups is 1. The van der Waals surface area contributed by atoms with Gasteiger partial charge in [0.2, 0.25) is 5.91 Å². The molecule has 31 heavy (non-hydrogen) atoms. The van der Waals surface area contributed by atoms with E-state index in [1.807, 2.05) is 40.1 Å². The molecule has 0 aliphatic carbocycles. The van der Waals surface area contributed by atoms with Crippen LogP contribution in [0.4, 0.5) is 10.5 Å². The molecule has 1 N–H and O–H groups in total. The fraction of sp³-hybridized carbons (Fsp3) is 0.391. The Morgan fingerprint density at radius 1 is 0.806 bits per heavy atom. The third-order valence-electron chi connectivity index (χ3n) is 5.73. The molecule has 2 aliphatic heterocycles. The van der Waals surface area contributed by atoms with Crippen molar-refractivity contribution in [1.29, 1.82) is 0 Å². The highest BCUT2D eigenvalue weighted by Crippen LogP contribution is 2.20. The van der Waals surface area contributed by atoms with E-state index in [2.05, 4.69) is 10.3 Å². The van der Waals surface area contributed by atoms with Gasteiger partial charge in [0, 0.05) is 63.6 Å². The minimum Gasteiger partial charge on any atom is -0.335 e. The average molecular weight is 422 g/mol. The first-order valence-corrected chi connectivity index (χ1v) is 10.7. The van der Waals surface area contributed by atoms with Crippen LogP contribution >= 0.6 is 0 Å². The molecule has 0 spiro atoms. The number of carbonyl (C=O) groups excluding carboxylic acids is 3. The van der Waals surface area contributed by atoms with E-state index >= 15 is 0 Å². The molecule has 1 aromatic heterocycles. The maximum Gasteiger partial charge on any atom is 0.320 e. The predicted molar refractivity (Wildman–Crippen MR) is 118 cm³/mol. The minimum absolute atomic E-state index is 0.0617. The van der Waals surface area contributed by atoms with Gasteiger partial charge in [-0.25, -0.2) is 4.79 Å². The number of hydrogen-bond acceptors (Lipinski definition) is 4. The fourth-order valence-corrected chi connectivity index (χ4v) is 4.01. The number of nitrogens with zero attached hydrogens (tertiary/aromatic N) is 4. The molecule has 8 heteroatoms. The van der Waals surface area contributed by atoms with Gasteiger partial charge in [0.15, 0.2) is 0 Å². The van der Waals surface area contributed by atoms with Gasteiger partial charge in [0.1, 0.15) is 0 Å². The van der Waals surface area contributed by atoms with E-state index in [-0.39, 0.29) is 17.8 Å². The second-order valence-electron chi connectivity index (χ2n) is 7.95. The summed E-state index contributed by atoms with van der Waals surface area (Å²) in [5, 5.41) is 2.73. The molecule has 2 fully saturated rings. The molecular weight excluding hydrogens is 394 g/mol. The number of pyridine rings is 1. The van der Waals surface area contributed by atoms with Gasteiger partial charge in [0.25, 0.3) is 5.91 Å². The lowest BCUT2D eigenvalue weighted by Gasteiger charge is -2.36. The summed E-state index contributed by atoms with van der Waals surface area (Å²) in [6, 6.07) is 11.1. The lowest BCUT2D eigenvalue weighted by Crippen LogP contribution is -2.53. The molecule has 2 aliphatic rings. The first kappa shape index (κ1) is 20.8. The molecule has 2 saturated heterocycles. The van der Waals surface area contributed by atoms with Crippen molar-refractivity contribution in [3.63, 3.8) is 0 Å².